The van der Waals surface area contributed by atoms with E-state index in [1.54, 1.807) is 0 Å². The van der Waals surface area contributed by atoms with Crippen molar-refractivity contribution in [3.63, 3.8) is 0 Å². The molecule has 0 saturated heterocycles. The molecule has 0 heterocycles. The van der Waals surface area contributed by atoms with E-state index >= 15 is 0 Å². The first kappa shape index (κ1) is 22.0. The Hall–Kier alpha value is -2.34. The summed E-state index contributed by atoms with van der Waals surface area (Å²) in [6.45, 7) is 6.87. The Morgan fingerprint density at radius 1 is 1.07 bits per heavy atom. The summed E-state index contributed by atoms with van der Waals surface area (Å²) < 4.78 is 25.8. The molecular weight excluding hydrogens is 372 g/mol. The zero-order valence-electron chi connectivity index (χ0n) is 17.1. The molecule has 1 N–H and O–H groups in total. The SMILES string of the molecule is Cc1ccc(N(CCCC(=O)NCC(C)c2ccccc2)S(C)(=O)=O)cc1C. The van der Waals surface area contributed by atoms with Gasteiger partial charge in [-0.25, -0.2) is 8.42 Å². The van der Waals surface area contributed by atoms with E-state index < -0.39 is 10.0 Å². The first-order chi connectivity index (χ1) is 13.2. The molecule has 1 unspecified atom stereocenters. The molecule has 2 aromatic rings. The highest BCUT2D eigenvalue weighted by molar-refractivity contribution is 7.92. The molecule has 0 saturated carbocycles. The van der Waals surface area contributed by atoms with Gasteiger partial charge in [0.05, 0.1) is 11.9 Å². The van der Waals surface area contributed by atoms with Crippen LogP contribution in [0.15, 0.2) is 48.5 Å². The summed E-state index contributed by atoms with van der Waals surface area (Å²) in [7, 11) is -3.41. The van der Waals surface area contributed by atoms with Crippen molar-refractivity contribution in [2.75, 3.05) is 23.7 Å². The van der Waals surface area contributed by atoms with Crippen molar-refractivity contribution in [2.45, 2.75) is 39.5 Å². The summed E-state index contributed by atoms with van der Waals surface area (Å²) in [6.07, 6.45) is 1.95. The van der Waals surface area contributed by atoms with E-state index in [2.05, 4.69) is 12.2 Å². The predicted molar refractivity (Wildman–Crippen MR) is 115 cm³/mol. The normalized spacial score (nSPS) is 12.4. The van der Waals surface area contributed by atoms with Crippen molar-refractivity contribution in [2.24, 2.45) is 0 Å². The zero-order valence-corrected chi connectivity index (χ0v) is 17.9. The largest absolute Gasteiger partial charge is 0.356 e. The van der Waals surface area contributed by atoms with Crippen LogP contribution in [-0.4, -0.2) is 33.7 Å². The maximum absolute atomic E-state index is 12.2. The van der Waals surface area contributed by atoms with E-state index in [-0.39, 0.29) is 18.4 Å². The fourth-order valence-corrected chi connectivity index (χ4v) is 3.96. The lowest BCUT2D eigenvalue weighted by molar-refractivity contribution is -0.121. The van der Waals surface area contributed by atoms with Crippen LogP contribution < -0.4 is 9.62 Å². The van der Waals surface area contributed by atoms with Gasteiger partial charge in [-0.15, -0.1) is 0 Å². The molecule has 0 aliphatic rings. The quantitative estimate of drug-likeness (QED) is 0.694. The van der Waals surface area contributed by atoms with E-state index in [0.717, 1.165) is 11.1 Å². The average molecular weight is 403 g/mol. The number of carbonyl (C=O) groups is 1. The number of nitrogens with zero attached hydrogens (tertiary/aromatic N) is 1. The molecule has 0 fully saturated rings. The van der Waals surface area contributed by atoms with Crippen LogP contribution in [0.4, 0.5) is 5.69 Å². The third kappa shape index (κ3) is 6.37. The number of nitrogens with one attached hydrogen (secondary N) is 1. The number of rotatable bonds is 9. The number of aryl methyl sites for hydroxylation is 2. The van der Waals surface area contributed by atoms with Crippen LogP contribution in [-0.2, 0) is 14.8 Å². The maximum atomic E-state index is 12.2. The Balaban J connectivity index is 1.88. The average Bonchev–Trinajstić information content (AvgIpc) is 2.65. The van der Waals surface area contributed by atoms with Crippen molar-refractivity contribution in [3.05, 3.63) is 65.2 Å². The summed E-state index contributed by atoms with van der Waals surface area (Å²) in [5.41, 5.74) is 3.98. The second kappa shape index (κ2) is 9.73. The van der Waals surface area contributed by atoms with E-state index in [9.17, 15) is 13.2 Å². The minimum absolute atomic E-state index is 0.0590. The molecule has 6 heteroatoms. The molecule has 1 atom stereocenters. The van der Waals surface area contributed by atoms with Crippen molar-refractivity contribution in [3.8, 4) is 0 Å². The Morgan fingerprint density at radius 2 is 1.75 bits per heavy atom. The van der Waals surface area contributed by atoms with Crippen molar-refractivity contribution >= 4 is 21.6 Å². The van der Waals surface area contributed by atoms with Gasteiger partial charge in [0.25, 0.3) is 0 Å². The summed E-state index contributed by atoms with van der Waals surface area (Å²) in [4.78, 5) is 12.2. The molecule has 0 bridgehead atoms. The fraction of sp³-hybridized carbons (Fsp3) is 0.409. The molecule has 152 valence electrons. The Bertz CT molecular complexity index is 895. The zero-order chi connectivity index (χ0) is 20.7. The van der Waals surface area contributed by atoms with Gasteiger partial charge in [-0.3, -0.25) is 9.10 Å². The smallest absolute Gasteiger partial charge is 0.232 e. The minimum Gasteiger partial charge on any atom is -0.356 e. The standard InChI is InChI=1S/C22H30N2O3S/c1-17-12-13-21(15-18(17)2)24(28(4,26)27)14-8-11-22(25)23-16-19(3)20-9-6-5-7-10-20/h5-7,9-10,12-13,15,19H,8,11,14,16H2,1-4H3,(H,23,25). The Kier molecular flexibility index (Phi) is 7.63. The van der Waals surface area contributed by atoms with Gasteiger partial charge in [0.2, 0.25) is 15.9 Å². The van der Waals surface area contributed by atoms with Crippen LogP contribution in [0.5, 0.6) is 0 Å². The van der Waals surface area contributed by atoms with Gasteiger partial charge in [-0.05, 0) is 55.0 Å². The topological polar surface area (TPSA) is 66.5 Å². The molecule has 0 spiro atoms. The van der Waals surface area contributed by atoms with Gasteiger partial charge in [0, 0.05) is 19.5 Å². The second-order valence-electron chi connectivity index (χ2n) is 7.32. The van der Waals surface area contributed by atoms with Gasteiger partial charge in [-0.2, -0.15) is 0 Å². The number of carbonyl (C=O) groups excluding carboxylic acids is 1. The molecule has 0 aromatic heterocycles. The van der Waals surface area contributed by atoms with E-state index in [1.165, 1.54) is 16.1 Å². The van der Waals surface area contributed by atoms with Crippen LogP contribution in [0.25, 0.3) is 0 Å². The number of hydrogen-bond acceptors (Lipinski definition) is 3. The van der Waals surface area contributed by atoms with Crippen molar-refractivity contribution < 1.29 is 13.2 Å². The maximum Gasteiger partial charge on any atom is 0.232 e. The summed E-state index contributed by atoms with van der Waals surface area (Å²) >= 11 is 0. The summed E-state index contributed by atoms with van der Waals surface area (Å²) in [5.74, 6) is 0.171. The van der Waals surface area contributed by atoms with E-state index in [0.29, 0.717) is 25.1 Å². The molecule has 0 radical (unpaired) electrons. The predicted octanol–water partition coefficient (Wildman–Crippen LogP) is 3.77. The molecule has 28 heavy (non-hydrogen) atoms. The highest BCUT2D eigenvalue weighted by Gasteiger charge is 2.18. The third-order valence-electron chi connectivity index (χ3n) is 4.92. The van der Waals surface area contributed by atoms with Crippen LogP contribution in [0.2, 0.25) is 0 Å². The first-order valence-corrected chi connectivity index (χ1v) is 11.4. The minimum atomic E-state index is -3.41. The van der Waals surface area contributed by atoms with Crippen LogP contribution >= 0.6 is 0 Å². The molecule has 2 rings (SSSR count). The van der Waals surface area contributed by atoms with Crippen molar-refractivity contribution in [1.29, 1.82) is 0 Å². The van der Waals surface area contributed by atoms with Gasteiger partial charge >= 0.3 is 0 Å². The number of anilines is 1. The molecule has 0 aliphatic carbocycles. The van der Waals surface area contributed by atoms with E-state index in [1.807, 2.05) is 62.4 Å². The lowest BCUT2D eigenvalue weighted by atomic mass is 10.0. The molecule has 2 aromatic carbocycles. The Morgan fingerprint density at radius 3 is 2.36 bits per heavy atom. The summed E-state index contributed by atoms with van der Waals surface area (Å²) in [5, 5.41) is 2.94. The molecule has 1 amide bonds. The highest BCUT2D eigenvalue weighted by Crippen LogP contribution is 2.21. The lowest BCUT2D eigenvalue weighted by Gasteiger charge is -2.23. The molecular formula is C22H30N2O3S. The second-order valence-corrected chi connectivity index (χ2v) is 9.23. The van der Waals surface area contributed by atoms with Crippen LogP contribution in [0, 0.1) is 13.8 Å². The van der Waals surface area contributed by atoms with Gasteiger partial charge in [-0.1, -0.05) is 43.3 Å². The number of amides is 1. The molecule has 5 nitrogen and oxygen atoms in total. The number of benzene rings is 2. The Labute approximate surface area is 168 Å². The van der Waals surface area contributed by atoms with Crippen LogP contribution in [0.1, 0.15) is 42.4 Å². The monoisotopic (exact) mass is 402 g/mol. The van der Waals surface area contributed by atoms with Crippen molar-refractivity contribution in [1.82, 2.24) is 5.32 Å². The van der Waals surface area contributed by atoms with Gasteiger partial charge in [0.1, 0.15) is 0 Å². The van der Waals surface area contributed by atoms with Gasteiger partial charge < -0.3 is 5.32 Å². The number of hydrogen-bond donors (Lipinski definition) is 1. The third-order valence-corrected chi connectivity index (χ3v) is 6.11. The molecule has 0 aliphatic heterocycles. The summed E-state index contributed by atoms with van der Waals surface area (Å²) in [6, 6.07) is 15.6. The first-order valence-electron chi connectivity index (χ1n) is 9.55. The van der Waals surface area contributed by atoms with Crippen LogP contribution in [0.3, 0.4) is 0 Å². The van der Waals surface area contributed by atoms with E-state index in [4.69, 9.17) is 0 Å². The fourth-order valence-electron chi connectivity index (χ4n) is 3.01. The number of sulfonamides is 1. The van der Waals surface area contributed by atoms with Gasteiger partial charge in [0.15, 0.2) is 0 Å². The highest BCUT2D eigenvalue weighted by atomic mass is 32.2. The lowest BCUT2D eigenvalue weighted by Crippen LogP contribution is -2.32.